The van der Waals surface area contributed by atoms with Crippen LogP contribution in [0.15, 0.2) is 382 Å². The van der Waals surface area contributed by atoms with E-state index in [-0.39, 0.29) is 16.2 Å². The van der Waals surface area contributed by atoms with Gasteiger partial charge in [-0.3, -0.25) is 0 Å². The highest BCUT2D eigenvalue weighted by Gasteiger charge is 2.40. The van der Waals surface area contributed by atoms with Gasteiger partial charge in [0.25, 0.3) is 0 Å². The molecule has 0 heterocycles. The Hall–Kier alpha value is -14.1. The van der Waals surface area contributed by atoms with Gasteiger partial charge < -0.3 is 19.6 Å². The van der Waals surface area contributed by atoms with E-state index in [2.05, 4.69) is 475 Å². The van der Waals surface area contributed by atoms with Crippen LogP contribution in [-0.2, 0) is 16.2 Å². The Morgan fingerprint density at radius 1 is 0.190 bits per heavy atom. The molecule has 556 valence electrons. The molecule has 4 nitrogen and oxygen atoms in total. The van der Waals surface area contributed by atoms with Crippen LogP contribution >= 0.6 is 0 Å². The first-order valence-electron chi connectivity index (χ1n) is 40.6. The number of hydrogen-bond acceptors (Lipinski definition) is 4. The molecule has 20 rings (SSSR count). The highest BCUT2D eigenvalue weighted by atomic mass is 15.2. The highest BCUT2D eigenvalue weighted by molar-refractivity contribution is 6.02. The second kappa shape index (κ2) is 28.5. The summed E-state index contributed by atoms with van der Waals surface area (Å²) in [7, 11) is 0. The van der Waals surface area contributed by atoms with Gasteiger partial charge in [0.05, 0.1) is 0 Å². The summed E-state index contributed by atoms with van der Waals surface area (Å²) < 4.78 is 0. The molecule has 0 saturated carbocycles. The monoisotopic (exact) mass is 1490 g/mol. The Kier molecular flexibility index (Phi) is 17.5. The maximum absolute atomic E-state index is 2.49. The van der Waals surface area contributed by atoms with E-state index in [0.29, 0.717) is 0 Å². The smallest absolute Gasteiger partial charge is 0.0468 e. The van der Waals surface area contributed by atoms with E-state index >= 15 is 0 Å². The summed E-state index contributed by atoms with van der Waals surface area (Å²) in [6.45, 7) is 16.6. The lowest BCUT2D eigenvalue weighted by molar-refractivity contribution is 0.660. The first-order valence-corrected chi connectivity index (χ1v) is 40.6. The van der Waals surface area contributed by atoms with E-state index in [1.54, 1.807) is 0 Å². The third-order valence-corrected chi connectivity index (χ3v) is 24.8. The molecule has 0 aromatic heterocycles. The minimum atomic E-state index is -0.273. The molecule has 0 fully saturated rings. The lowest BCUT2D eigenvalue weighted by Gasteiger charge is -2.30. The Labute approximate surface area is 681 Å². The maximum atomic E-state index is 2.49. The van der Waals surface area contributed by atoms with Gasteiger partial charge in [-0.15, -0.1) is 0 Å². The van der Waals surface area contributed by atoms with Crippen molar-refractivity contribution in [1.29, 1.82) is 0 Å². The molecular formula is C112H88N4. The Morgan fingerprint density at radius 3 is 0.983 bits per heavy atom. The molecule has 0 N–H and O–H groups in total. The first kappa shape index (κ1) is 71.0. The van der Waals surface area contributed by atoms with E-state index in [4.69, 9.17) is 0 Å². The number of nitrogens with zero attached hydrogens (tertiary/aromatic N) is 4. The summed E-state index contributed by atoms with van der Waals surface area (Å²) >= 11 is 0. The van der Waals surface area contributed by atoms with E-state index in [1.807, 2.05) is 0 Å². The quantitative estimate of drug-likeness (QED) is 0.0843. The summed E-state index contributed by atoms with van der Waals surface area (Å²) in [4.78, 5) is 9.55. The van der Waals surface area contributed by atoms with Gasteiger partial charge in [0.2, 0.25) is 0 Å². The number of rotatable bonds is 17. The topological polar surface area (TPSA) is 13.0 Å². The van der Waals surface area contributed by atoms with Crippen LogP contribution in [0.2, 0.25) is 0 Å². The highest BCUT2D eigenvalue weighted by Crippen LogP contribution is 2.56. The third kappa shape index (κ3) is 12.6. The zero-order chi connectivity index (χ0) is 78.4. The number of hydrogen-bond donors (Lipinski definition) is 0. The summed E-state index contributed by atoms with van der Waals surface area (Å²) in [5.41, 5.74) is 36.7. The fraction of sp³-hybridized carbons (Fsp3) is 0.0893. The summed E-state index contributed by atoms with van der Waals surface area (Å²) in [5.74, 6) is 0. The van der Waals surface area contributed by atoms with Crippen molar-refractivity contribution >= 4 is 114 Å². The number of para-hydroxylation sites is 4. The van der Waals surface area contributed by atoms with E-state index in [1.165, 1.54) is 116 Å². The Morgan fingerprint density at radius 2 is 0.509 bits per heavy atom. The van der Waals surface area contributed by atoms with Gasteiger partial charge in [-0.2, -0.15) is 0 Å². The molecule has 0 saturated heterocycles. The van der Waals surface area contributed by atoms with Crippen LogP contribution < -0.4 is 19.6 Å². The maximum Gasteiger partial charge on any atom is 0.0468 e. The predicted molar refractivity (Wildman–Crippen MR) is 494 cm³/mol. The van der Waals surface area contributed by atoms with Crippen LogP contribution in [0, 0.1) is 6.92 Å². The fourth-order valence-corrected chi connectivity index (χ4v) is 18.7. The van der Waals surface area contributed by atoms with Gasteiger partial charge in [-0.1, -0.05) is 296 Å². The minimum Gasteiger partial charge on any atom is -0.311 e. The number of fused-ring (bicyclic) bond motifs is 11. The van der Waals surface area contributed by atoms with Gasteiger partial charge in [-0.05, 0) is 286 Å². The van der Waals surface area contributed by atoms with Crippen molar-refractivity contribution in [3.63, 3.8) is 0 Å². The zero-order valence-electron chi connectivity index (χ0n) is 66.5. The van der Waals surface area contributed by atoms with Crippen molar-refractivity contribution in [3.8, 4) is 44.5 Å². The molecule has 3 aliphatic carbocycles. The van der Waals surface area contributed by atoms with Crippen LogP contribution in [0.3, 0.4) is 0 Å². The van der Waals surface area contributed by atoms with Crippen LogP contribution in [0.5, 0.6) is 0 Å². The minimum absolute atomic E-state index is 0.249. The van der Waals surface area contributed by atoms with Crippen molar-refractivity contribution < 1.29 is 0 Å². The van der Waals surface area contributed by atoms with Crippen molar-refractivity contribution in [2.45, 2.75) is 64.7 Å². The number of anilines is 12. The Bertz CT molecular complexity index is 6650. The van der Waals surface area contributed by atoms with Gasteiger partial charge in [0.15, 0.2) is 0 Å². The molecule has 0 unspecified atom stereocenters. The average molecular weight is 1490 g/mol. The third-order valence-electron chi connectivity index (χ3n) is 24.8. The molecule has 0 spiro atoms. The Balaban J connectivity index is 0.582. The molecule has 4 heteroatoms. The summed E-state index contributed by atoms with van der Waals surface area (Å²) in [6.07, 6.45) is 8.99. The molecule has 0 aliphatic heterocycles. The van der Waals surface area contributed by atoms with Crippen LogP contribution in [0.4, 0.5) is 68.2 Å². The summed E-state index contributed by atoms with van der Waals surface area (Å²) in [5, 5.41) is 4.84. The fourth-order valence-electron chi connectivity index (χ4n) is 18.7. The van der Waals surface area contributed by atoms with E-state index < -0.39 is 0 Å². The van der Waals surface area contributed by atoms with E-state index in [9.17, 15) is 0 Å². The molecular weight excluding hydrogens is 1400 g/mol. The van der Waals surface area contributed by atoms with Gasteiger partial charge in [0.1, 0.15) is 0 Å². The predicted octanol–water partition coefficient (Wildman–Crippen LogP) is 31.1. The second-order valence-electron chi connectivity index (χ2n) is 33.1. The van der Waals surface area contributed by atoms with Crippen molar-refractivity contribution in [1.82, 2.24) is 0 Å². The van der Waals surface area contributed by atoms with Gasteiger partial charge in [0, 0.05) is 84.5 Å². The normalized spacial score (nSPS) is 13.6. The molecule has 0 amide bonds. The largest absolute Gasteiger partial charge is 0.311 e. The van der Waals surface area contributed by atoms with Crippen LogP contribution in [0.25, 0.3) is 90.4 Å². The lowest BCUT2D eigenvalue weighted by atomic mass is 9.81. The SMILES string of the molecule is Cc1cccc(N(c2ccc3c(c2)C(C)(C)c2cc(C=Cc4ccc(N(c5ccccc5)c5ccccc5)cc4)ccc2-3)c2ccc3c(-c4ccc5c(c4)-c4ccc(N(c6ccc7c(c6)C(C)(C)c6cc(C=Cc8ccc(N(c9ccccc9)c9ccccc9)cc8)ccc6-7)c6ccc7ccccc7c6)cc4C5(C)C)cccc3c2)c1. The van der Waals surface area contributed by atoms with Gasteiger partial charge >= 0.3 is 0 Å². The standard InChI is InChI=1S/C112H88N4/c1-75-24-22-36-90(66-75)115(93-56-62-100-98-59-46-78(67-105(98)111(4,5)107(100)72-93)40-38-76-42-50-88(51-43-76)113(84-28-12-8-13-29-84)85-30-14-9-15-31-85)92-55-61-97-82(70-92)27-23-37-96(97)83-49-65-104-103(71-83)102-64-58-95(74-109(102)110(104,2)3)116(91-54-48-80-25-20-21-26-81(80)69-91)94-57-63-101-99-60-47-79(68-106(99)112(6,7)108(101)73-94)41-39-77-44-52-89(53-45-77)114(86-32-16-10-17-33-86)87-34-18-11-19-35-87/h8-74H,1-7H3. The molecule has 0 atom stereocenters. The van der Waals surface area contributed by atoms with E-state index in [0.717, 1.165) is 79.4 Å². The van der Waals surface area contributed by atoms with Crippen LogP contribution in [0.1, 0.15) is 103 Å². The lowest BCUT2D eigenvalue weighted by Crippen LogP contribution is -2.18. The average Bonchev–Trinajstić information content (AvgIpc) is 1.57. The number of benzene rings is 17. The molecule has 116 heavy (non-hydrogen) atoms. The molecule has 17 aromatic carbocycles. The second-order valence-corrected chi connectivity index (χ2v) is 33.1. The molecule has 0 radical (unpaired) electrons. The van der Waals surface area contributed by atoms with Gasteiger partial charge in [-0.25, -0.2) is 0 Å². The first-order chi connectivity index (χ1) is 56.6. The molecule has 0 bridgehead atoms. The number of aryl methyl sites for hydroxylation is 1. The van der Waals surface area contributed by atoms with Crippen molar-refractivity contribution in [2.75, 3.05) is 19.6 Å². The van der Waals surface area contributed by atoms with Crippen molar-refractivity contribution in [3.05, 3.63) is 443 Å². The molecule has 17 aromatic rings. The van der Waals surface area contributed by atoms with Crippen LogP contribution in [-0.4, -0.2) is 0 Å². The molecule has 3 aliphatic rings. The summed E-state index contributed by atoms with van der Waals surface area (Å²) in [6, 6.07) is 141. The van der Waals surface area contributed by atoms with Crippen molar-refractivity contribution in [2.24, 2.45) is 0 Å². The zero-order valence-corrected chi connectivity index (χ0v) is 66.5.